The number of ether oxygens (including phenoxy) is 2. The van der Waals surface area contributed by atoms with Gasteiger partial charge in [0.15, 0.2) is 0 Å². The first kappa shape index (κ1) is 17.9. The Labute approximate surface area is 147 Å². The molecule has 1 aromatic carbocycles. The molecular formula is C17H22N2O5S. The lowest BCUT2D eigenvalue weighted by Crippen LogP contribution is -2.48. The lowest BCUT2D eigenvalue weighted by molar-refractivity contribution is 0.0275. The standard InChI is InChI=1S/C17H22N2O5S/c1-12-9-16(18-24-12)13-3-5-15(6-4-13)23-10-14-7-8-22-11-17(14)19-25(2,20)21/h3-6,9,14,17,19H,7-8,10-11H2,1-2H3/t14-,17+/m1/s1. The summed E-state index contributed by atoms with van der Waals surface area (Å²) in [5, 5.41) is 3.98. The molecule has 0 saturated carbocycles. The summed E-state index contributed by atoms with van der Waals surface area (Å²) in [5.41, 5.74) is 1.73. The molecule has 0 amide bonds. The van der Waals surface area contributed by atoms with Crippen LogP contribution in [0.15, 0.2) is 34.9 Å². The van der Waals surface area contributed by atoms with Gasteiger partial charge >= 0.3 is 0 Å². The van der Waals surface area contributed by atoms with E-state index in [0.717, 1.165) is 35.4 Å². The van der Waals surface area contributed by atoms with E-state index < -0.39 is 10.0 Å². The summed E-state index contributed by atoms with van der Waals surface area (Å²) in [6.45, 7) is 3.26. The highest BCUT2D eigenvalue weighted by Crippen LogP contribution is 2.23. The predicted molar refractivity (Wildman–Crippen MR) is 92.9 cm³/mol. The second kappa shape index (κ2) is 7.55. The molecule has 136 valence electrons. The van der Waals surface area contributed by atoms with Crippen LogP contribution in [-0.4, -0.2) is 45.7 Å². The maximum atomic E-state index is 11.5. The van der Waals surface area contributed by atoms with Crippen LogP contribution in [0.25, 0.3) is 11.3 Å². The van der Waals surface area contributed by atoms with Crippen molar-refractivity contribution in [3.8, 4) is 17.0 Å². The maximum Gasteiger partial charge on any atom is 0.209 e. The molecule has 1 fully saturated rings. The van der Waals surface area contributed by atoms with E-state index in [9.17, 15) is 8.42 Å². The van der Waals surface area contributed by atoms with Gasteiger partial charge in [-0.05, 0) is 37.6 Å². The maximum absolute atomic E-state index is 11.5. The minimum atomic E-state index is -3.28. The molecule has 2 atom stereocenters. The molecule has 0 bridgehead atoms. The molecule has 25 heavy (non-hydrogen) atoms. The number of nitrogens with zero attached hydrogens (tertiary/aromatic N) is 1. The van der Waals surface area contributed by atoms with Crippen molar-refractivity contribution in [2.45, 2.75) is 19.4 Å². The quantitative estimate of drug-likeness (QED) is 0.841. The van der Waals surface area contributed by atoms with Crippen LogP contribution in [0, 0.1) is 12.8 Å². The highest BCUT2D eigenvalue weighted by Gasteiger charge is 2.28. The van der Waals surface area contributed by atoms with Crippen LogP contribution in [0.4, 0.5) is 0 Å². The molecule has 0 spiro atoms. The Morgan fingerprint density at radius 3 is 2.72 bits per heavy atom. The minimum Gasteiger partial charge on any atom is -0.493 e. The largest absolute Gasteiger partial charge is 0.493 e. The monoisotopic (exact) mass is 366 g/mol. The zero-order valence-corrected chi connectivity index (χ0v) is 15.1. The van der Waals surface area contributed by atoms with Crippen LogP contribution in [-0.2, 0) is 14.8 Å². The van der Waals surface area contributed by atoms with E-state index in [-0.39, 0.29) is 12.0 Å². The molecule has 0 unspecified atom stereocenters. The van der Waals surface area contributed by atoms with E-state index in [1.165, 1.54) is 0 Å². The molecule has 0 aliphatic carbocycles. The summed E-state index contributed by atoms with van der Waals surface area (Å²) < 4.78 is 41.9. The Hall–Kier alpha value is -1.90. The van der Waals surface area contributed by atoms with Crippen LogP contribution in [0.5, 0.6) is 5.75 Å². The Kier molecular flexibility index (Phi) is 5.41. The number of sulfonamides is 1. The molecule has 2 heterocycles. The van der Waals surface area contributed by atoms with Gasteiger partial charge in [-0.25, -0.2) is 13.1 Å². The number of aryl methyl sites for hydroxylation is 1. The fraction of sp³-hybridized carbons (Fsp3) is 0.471. The van der Waals surface area contributed by atoms with Crippen molar-refractivity contribution in [3.63, 3.8) is 0 Å². The van der Waals surface area contributed by atoms with Gasteiger partial charge in [0, 0.05) is 24.2 Å². The van der Waals surface area contributed by atoms with E-state index in [4.69, 9.17) is 14.0 Å². The SMILES string of the molecule is Cc1cc(-c2ccc(OC[C@H]3CCOC[C@@H]3NS(C)(=O)=O)cc2)no1. The summed E-state index contributed by atoms with van der Waals surface area (Å²) >= 11 is 0. The number of rotatable bonds is 6. The summed E-state index contributed by atoms with van der Waals surface area (Å²) in [6, 6.07) is 9.20. The highest BCUT2D eigenvalue weighted by molar-refractivity contribution is 7.88. The van der Waals surface area contributed by atoms with Gasteiger partial charge in [-0.1, -0.05) is 5.16 Å². The Balaban J connectivity index is 1.60. The first-order chi connectivity index (χ1) is 11.9. The number of aromatic nitrogens is 1. The van der Waals surface area contributed by atoms with Crippen LogP contribution in [0.2, 0.25) is 0 Å². The molecule has 3 rings (SSSR count). The molecule has 1 aliphatic rings. The van der Waals surface area contributed by atoms with Crippen molar-refractivity contribution >= 4 is 10.0 Å². The molecule has 1 N–H and O–H groups in total. The first-order valence-corrected chi connectivity index (χ1v) is 10.0. The van der Waals surface area contributed by atoms with E-state index >= 15 is 0 Å². The molecule has 2 aromatic rings. The molecule has 1 aromatic heterocycles. The lowest BCUT2D eigenvalue weighted by Gasteiger charge is -2.31. The van der Waals surface area contributed by atoms with E-state index in [0.29, 0.717) is 19.8 Å². The molecule has 1 aliphatic heterocycles. The highest BCUT2D eigenvalue weighted by atomic mass is 32.2. The van der Waals surface area contributed by atoms with Crippen LogP contribution < -0.4 is 9.46 Å². The Bertz CT molecular complexity index is 801. The third kappa shape index (κ3) is 5.04. The van der Waals surface area contributed by atoms with Gasteiger partial charge < -0.3 is 14.0 Å². The third-order valence-electron chi connectivity index (χ3n) is 4.11. The molecule has 8 heteroatoms. The van der Waals surface area contributed by atoms with Crippen molar-refractivity contribution in [2.24, 2.45) is 5.92 Å². The van der Waals surface area contributed by atoms with Crippen molar-refractivity contribution in [3.05, 3.63) is 36.1 Å². The van der Waals surface area contributed by atoms with Gasteiger partial charge in [0.25, 0.3) is 0 Å². The fourth-order valence-electron chi connectivity index (χ4n) is 2.81. The Morgan fingerprint density at radius 2 is 2.08 bits per heavy atom. The number of hydrogen-bond donors (Lipinski definition) is 1. The topological polar surface area (TPSA) is 90.7 Å². The van der Waals surface area contributed by atoms with Gasteiger partial charge in [-0.3, -0.25) is 0 Å². The van der Waals surface area contributed by atoms with Crippen molar-refractivity contribution in [1.29, 1.82) is 0 Å². The van der Waals surface area contributed by atoms with Gasteiger partial charge in [0.1, 0.15) is 17.2 Å². The molecule has 1 saturated heterocycles. The van der Waals surface area contributed by atoms with Gasteiger partial charge in [-0.15, -0.1) is 0 Å². The third-order valence-corrected chi connectivity index (χ3v) is 4.84. The van der Waals surface area contributed by atoms with E-state index in [1.54, 1.807) is 0 Å². The van der Waals surface area contributed by atoms with E-state index in [2.05, 4.69) is 9.88 Å². The second-order valence-electron chi connectivity index (χ2n) is 6.28. The van der Waals surface area contributed by atoms with Crippen molar-refractivity contribution in [1.82, 2.24) is 9.88 Å². The lowest BCUT2D eigenvalue weighted by atomic mass is 9.97. The summed E-state index contributed by atoms with van der Waals surface area (Å²) in [7, 11) is -3.28. The van der Waals surface area contributed by atoms with Crippen LogP contribution >= 0.6 is 0 Å². The zero-order chi connectivity index (χ0) is 17.9. The van der Waals surface area contributed by atoms with Gasteiger partial charge in [-0.2, -0.15) is 0 Å². The number of hydrogen-bond acceptors (Lipinski definition) is 6. The fourth-order valence-corrected chi connectivity index (χ4v) is 3.63. The second-order valence-corrected chi connectivity index (χ2v) is 8.06. The normalized spacial score (nSPS) is 21.2. The molecule has 0 radical (unpaired) electrons. The van der Waals surface area contributed by atoms with Gasteiger partial charge in [0.2, 0.25) is 10.0 Å². The van der Waals surface area contributed by atoms with E-state index in [1.807, 2.05) is 37.3 Å². The van der Waals surface area contributed by atoms with Crippen LogP contribution in [0.1, 0.15) is 12.2 Å². The number of nitrogens with one attached hydrogen (secondary N) is 1. The average Bonchev–Trinajstić information content (AvgIpc) is 3.00. The molecule has 7 nitrogen and oxygen atoms in total. The average molecular weight is 366 g/mol. The summed E-state index contributed by atoms with van der Waals surface area (Å²) in [6.07, 6.45) is 1.91. The Morgan fingerprint density at radius 1 is 1.32 bits per heavy atom. The minimum absolute atomic E-state index is 0.0707. The van der Waals surface area contributed by atoms with Crippen LogP contribution in [0.3, 0.4) is 0 Å². The first-order valence-electron chi connectivity index (χ1n) is 8.12. The summed E-state index contributed by atoms with van der Waals surface area (Å²) in [5.74, 6) is 1.56. The number of benzene rings is 1. The van der Waals surface area contributed by atoms with Gasteiger partial charge in [0.05, 0.1) is 25.5 Å². The summed E-state index contributed by atoms with van der Waals surface area (Å²) in [4.78, 5) is 0. The van der Waals surface area contributed by atoms with Crippen molar-refractivity contribution in [2.75, 3.05) is 26.1 Å². The predicted octanol–water partition coefficient (Wildman–Crippen LogP) is 1.98. The zero-order valence-electron chi connectivity index (χ0n) is 14.3. The van der Waals surface area contributed by atoms with Crippen molar-refractivity contribution < 1.29 is 22.4 Å². The smallest absolute Gasteiger partial charge is 0.209 e. The molecular weight excluding hydrogens is 344 g/mol.